The van der Waals surface area contributed by atoms with E-state index in [4.69, 9.17) is 4.42 Å². The number of hydrogen-bond donors (Lipinski definition) is 1. The van der Waals surface area contributed by atoms with Crippen LogP contribution in [-0.2, 0) is 4.79 Å². The van der Waals surface area contributed by atoms with Gasteiger partial charge in [0.1, 0.15) is 11.8 Å². The summed E-state index contributed by atoms with van der Waals surface area (Å²) in [5.41, 5.74) is 4.28. The summed E-state index contributed by atoms with van der Waals surface area (Å²) in [6, 6.07) is 16.3. The second-order valence-electron chi connectivity index (χ2n) is 8.14. The lowest BCUT2D eigenvalue weighted by molar-refractivity contribution is -0.118. The Hall–Kier alpha value is -2.81. The van der Waals surface area contributed by atoms with Gasteiger partial charge in [0.05, 0.1) is 6.26 Å². The minimum Gasteiger partial charge on any atom is -0.467 e. The van der Waals surface area contributed by atoms with Crippen LogP contribution < -0.4 is 5.32 Å². The number of ketones is 1. The van der Waals surface area contributed by atoms with Crippen LogP contribution in [0.2, 0.25) is 0 Å². The number of Topliss-reactive ketones (excluding diaryl/α,β-unsaturated/α-hetero) is 1. The quantitative estimate of drug-likeness (QED) is 0.612. The summed E-state index contributed by atoms with van der Waals surface area (Å²) in [7, 11) is 0. The fourth-order valence-electron chi connectivity index (χ4n) is 4.51. The molecule has 2 aromatic carbocycles. The second kappa shape index (κ2) is 5.34. The minimum atomic E-state index is -0.211. The van der Waals surface area contributed by atoms with Crippen LogP contribution in [0.1, 0.15) is 44.1 Å². The molecule has 1 aromatic heterocycles. The summed E-state index contributed by atoms with van der Waals surface area (Å²) >= 11 is 0. The molecule has 1 atom stereocenters. The molecular weight excluding hydrogens is 322 g/mol. The van der Waals surface area contributed by atoms with Crippen LogP contribution in [0.5, 0.6) is 0 Å². The molecule has 0 saturated heterocycles. The summed E-state index contributed by atoms with van der Waals surface area (Å²) in [4.78, 5) is 13.2. The monoisotopic (exact) mass is 343 g/mol. The highest BCUT2D eigenvalue weighted by atomic mass is 16.3. The molecule has 0 radical (unpaired) electrons. The normalized spacial score (nSPS) is 21.3. The van der Waals surface area contributed by atoms with Crippen molar-refractivity contribution in [2.24, 2.45) is 5.41 Å². The molecule has 2 aliphatic rings. The molecule has 1 aliphatic carbocycles. The van der Waals surface area contributed by atoms with Crippen molar-refractivity contribution in [2.75, 3.05) is 5.32 Å². The van der Waals surface area contributed by atoms with Gasteiger partial charge in [0.2, 0.25) is 0 Å². The average molecular weight is 343 g/mol. The lowest BCUT2D eigenvalue weighted by Crippen LogP contribution is -2.33. The van der Waals surface area contributed by atoms with Crippen molar-refractivity contribution in [3.63, 3.8) is 0 Å². The molecule has 0 saturated carbocycles. The Morgan fingerprint density at radius 3 is 2.69 bits per heavy atom. The number of allylic oxidation sites excluding steroid dienone is 1. The standard InChI is InChI=1S/C23H21NO2/c1-23(2)12-16-20-15-7-4-3-6-14(15)9-10-17(20)24-22(19-8-5-11-26-19)21(16)18(25)13-23/h3-11,22,24H,12-13H2,1-2H3/t22-/m1/s1. The third kappa shape index (κ3) is 2.23. The number of anilines is 1. The Morgan fingerprint density at radius 1 is 1.04 bits per heavy atom. The van der Waals surface area contributed by atoms with E-state index >= 15 is 0 Å². The molecule has 0 spiro atoms. The van der Waals surface area contributed by atoms with E-state index in [1.165, 1.54) is 21.9 Å². The number of carbonyl (C=O) groups is 1. The Bertz CT molecular complexity index is 1060. The van der Waals surface area contributed by atoms with Crippen molar-refractivity contribution in [1.29, 1.82) is 0 Å². The number of nitrogens with one attached hydrogen (secondary N) is 1. The van der Waals surface area contributed by atoms with Crippen molar-refractivity contribution in [1.82, 2.24) is 0 Å². The SMILES string of the molecule is CC1(C)CC(=O)C2=C(C1)c1c(ccc3ccccc13)N[C@@H]2c1ccco1. The first-order valence-electron chi connectivity index (χ1n) is 9.12. The molecule has 5 rings (SSSR count). The van der Waals surface area contributed by atoms with Crippen molar-refractivity contribution < 1.29 is 9.21 Å². The molecule has 130 valence electrons. The third-order valence-electron chi connectivity index (χ3n) is 5.57. The van der Waals surface area contributed by atoms with Crippen LogP contribution in [-0.4, -0.2) is 5.78 Å². The molecule has 3 heteroatoms. The van der Waals surface area contributed by atoms with E-state index < -0.39 is 0 Å². The molecular formula is C23H21NO2. The molecule has 1 N–H and O–H groups in total. The number of hydrogen-bond acceptors (Lipinski definition) is 3. The van der Waals surface area contributed by atoms with Gasteiger partial charge < -0.3 is 9.73 Å². The summed E-state index contributed by atoms with van der Waals surface area (Å²) < 4.78 is 5.68. The zero-order chi connectivity index (χ0) is 17.9. The highest BCUT2D eigenvalue weighted by Gasteiger charge is 2.41. The predicted octanol–water partition coefficient (Wildman–Crippen LogP) is 5.74. The summed E-state index contributed by atoms with van der Waals surface area (Å²) in [5, 5.41) is 5.98. The van der Waals surface area contributed by atoms with Gasteiger partial charge in [-0.05, 0) is 46.4 Å². The summed E-state index contributed by atoms with van der Waals surface area (Å²) in [6.07, 6.45) is 3.14. The summed E-state index contributed by atoms with van der Waals surface area (Å²) in [6.45, 7) is 4.37. The Balaban J connectivity index is 1.83. The van der Waals surface area contributed by atoms with Crippen molar-refractivity contribution in [2.45, 2.75) is 32.7 Å². The van der Waals surface area contributed by atoms with E-state index in [-0.39, 0.29) is 17.2 Å². The van der Waals surface area contributed by atoms with Crippen LogP contribution in [0, 0.1) is 5.41 Å². The maximum Gasteiger partial charge on any atom is 0.162 e. The number of fused-ring (bicyclic) bond motifs is 4. The number of carbonyl (C=O) groups excluding carboxylic acids is 1. The number of rotatable bonds is 1. The van der Waals surface area contributed by atoms with Gasteiger partial charge in [-0.25, -0.2) is 0 Å². The van der Waals surface area contributed by atoms with Gasteiger partial charge in [0, 0.05) is 23.2 Å². The Kier molecular flexibility index (Phi) is 3.17. The average Bonchev–Trinajstić information content (AvgIpc) is 3.14. The molecule has 1 aliphatic heterocycles. The molecule has 26 heavy (non-hydrogen) atoms. The van der Waals surface area contributed by atoms with Gasteiger partial charge in [-0.1, -0.05) is 44.2 Å². The molecule has 0 amide bonds. The van der Waals surface area contributed by atoms with E-state index in [1.807, 2.05) is 12.1 Å². The van der Waals surface area contributed by atoms with E-state index in [0.717, 1.165) is 23.4 Å². The highest BCUT2D eigenvalue weighted by molar-refractivity contribution is 6.12. The second-order valence-corrected chi connectivity index (χ2v) is 8.14. The van der Waals surface area contributed by atoms with Gasteiger partial charge >= 0.3 is 0 Å². The highest BCUT2D eigenvalue weighted by Crippen LogP contribution is 2.51. The minimum absolute atomic E-state index is 0.0326. The first kappa shape index (κ1) is 15.4. The number of furan rings is 1. The van der Waals surface area contributed by atoms with Crippen LogP contribution >= 0.6 is 0 Å². The molecule has 0 bridgehead atoms. The Morgan fingerprint density at radius 2 is 1.88 bits per heavy atom. The molecule has 0 fully saturated rings. The predicted molar refractivity (Wildman–Crippen MR) is 104 cm³/mol. The van der Waals surface area contributed by atoms with Crippen molar-refractivity contribution >= 4 is 27.8 Å². The van der Waals surface area contributed by atoms with Gasteiger partial charge in [0.15, 0.2) is 5.78 Å². The van der Waals surface area contributed by atoms with Gasteiger partial charge in [0.25, 0.3) is 0 Å². The Labute approximate surface area is 152 Å². The van der Waals surface area contributed by atoms with Crippen molar-refractivity contribution in [3.8, 4) is 0 Å². The van der Waals surface area contributed by atoms with Gasteiger partial charge in [-0.15, -0.1) is 0 Å². The third-order valence-corrected chi connectivity index (χ3v) is 5.57. The zero-order valence-corrected chi connectivity index (χ0v) is 15.0. The molecule has 3 aromatic rings. The molecule has 0 unspecified atom stereocenters. The number of benzene rings is 2. The maximum atomic E-state index is 13.2. The first-order chi connectivity index (χ1) is 12.5. The fourth-order valence-corrected chi connectivity index (χ4v) is 4.51. The smallest absolute Gasteiger partial charge is 0.162 e. The lowest BCUT2D eigenvalue weighted by atomic mass is 9.68. The van der Waals surface area contributed by atoms with E-state index in [2.05, 4.69) is 55.6 Å². The maximum absolute atomic E-state index is 13.2. The van der Waals surface area contributed by atoms with E-state index in [9.17, 15) is 4.79 Å². The molecule has 2 heterocycles. The lowest BCUT2D eigenvalue weighted by Gasteiger charge is -2.39. The topological polar surface area (TPSA) is 42.2 Å². The largest absolute Gasteiger partial charge is 0.467 e. The van der Waals surface area contributed by atoms with Crippen LogP contribution in [0.4, 0.5) is 5.69 Å². The van der Waals surface area contributed by atoms with Gasteiger partial charge in [-0.3, -0.25) is 4.79 Å². The fraction of sp³-hybridized carbons (Fsp3) is 0.261. The first-order valence-corrected chi connectivity index (χ1v) is 9.12. The van der Waals surface area contributed by atoms with Crippen LogP contribution in [0.15, 0.2) is 64.8 Å². The van der Waals surface area contributed by atoms with Gasteiger partial charge in [-0.2, -0.15) is 0 Å². The van der Waals surface area contributed by atoms with Crippen molar-refractivity contribution in [3.05, 3.63) is 71.7 Å². The van der Waals surface area contributed by atoms with E-state index in [0.29, 0.717) is 6.42 Å². The van der Waals surface area contributed by atoms with Crippen LogP contribution in [0.3, 0.4) is 0 Å². The van der Waals surface area contributed by atoms with E-state index in [1.54, 1.807) is 6.26 Å². The summed E-state index contributed by atoms with van der Waals surface area (Å²) in [5.74, 6) is 1.02. The van der Waals surface area contributed by atoms with Crippen LogP contribution in [0.25, 0.3) is 16.3 Å². The zero-order valence-electron chi connectivity index (χ0n) is 15.0. The molecule has 3 nitrogen and oxygen atoms in total.